The fourth-order valence-corrected chi connectivity index (χ4v) is 4.10. The zero-order chi connectivity index (χ0) is 22.5. The zero-order valence-electron chi connectivity index (χ0n) is 17.3. The van der Waals surface area contributed by atoms with Gasteiger partial charge in [-0.25, -0.2) is 8.42 Å². The van der Waals surface area contributed by atoms with Gasteiger partial charge in [0.2, 0.25) is 0 Å². The van der Waals surface area contributed by atoms with Crippen molar-refractivity contribution in [2.75, 3.05) is 28.4 Å². The van der Waals surface area contributed by atoms with Gasteiger partial charge in [-0.2, -0.15) is 0 Å². The Morgan fingerprint density at radius 1 is 1.00 bits per heavy atom. The van der Waals surface area contributed by atoms with Gasteiger partial charge in [0.15, 0.2) is 21.3 Å². The third kappa shape index (κ3) is 5.01. The average molecular weight is 437 g/mol. The minimum atomic E-state index is -3.86. The molecule has 0 spiro atoms. The molecule has 0 unspecified atom stereocenters. The van der Waals surface area contributed by atoms with Gasteiger partial charge < -0.3 is 18.9 Å². The first-order valence-corrected chi connectivity index (χ1v) is 10.4. The summed E-state index contributed by atoms with van der Waals surface area (Å²) in [6.45, 7) is 1.48. The smallest absolute Gasteiger partial charge is 0.280 e. The van der Waals surface area contributed by atoms with Crippen LogP contribution in [0.1, 0.15) is 16.7 Å². The minimum Gasteiger partial charge on any atom is -0.497 e. The van der Waals surface area contributed by atoms with E-state index < -0.39 is 20.5 Å². The maximum atomic E-state index is 12.7. The highest BCUT2D eigenvalue weighted by molar-refractivity contribution is 7.93. The van der Waals surface area contributed by atoms with E-state index in [0.717, 1.165) is 5.41 Å². The molecule has 0 heterocycles. The molecule has 0 aliphatic carbocycles. The number of ether oxygens (including phenoxy) is 4. The maximum Gasteiger partial charge on any atom is 0.280 e. The normalized spacial score (nSPS) is 11.4. The van der Waals surface area contributed by atoms with E-state index in [1.807, 2.05) is 0 Å². The summed E-state index contributed by atoms with van der Waals surface area (Å²) in [5.74, 6) is 0.798. The van der Waals surface area contributed by atoms with Crippen molar-refractivity contribution in [1.29, 1.82) is 0 Å². The first-order valence-electron chi connectivity index (χ1n) is 8.69. The van der Waals surface area contributed by atoms with Crippen LogP contribution in [0.3, 0.4) is 0 Å². The Kier molecular flexibility index (Phi) is 7.28. The van der Waals surface area contributed by atoms with Crippen LogP contribution in [0, 0.1) is 17.0 Å². The standard InChI is InChI=1S/C20H23NO8S/c1-13-19(21(22)23)15(10-18(28-4)20(13)29-5)12-30(24,25)9-8-14-6-7-16(26-2)11-17(14)27-3/h6-11H,12H2,1-5H3. The molecule has 30 heavy (non-hydrogen) atoms. The number of benzene rings is 2. The highest BCUT2D eigenvalue weighted by atomic mass is 32.2. The molecule has 0 aliphatic heterocycles. The van der Waals surface area contributed by atoms with Crippen LogP contribution in [0.5, 0.6) is 23.0 Å². The van der Waals surface area contributed by atoms with E-state index in [9.17, 15) is 18.5 Å². The molecule has 0 N–H and O–H groups in total. The summed E-state index contributed by atoms with van der Waals surface area (Å²) < 4.78 is 46.1. The summed E-state index contributed by atoms with van der Waals surface area (Å²) in [4.78, 5) is 11.0. The first kappa shape index (κ1) is 23.0. The molecule has 2 aromatic carbocycles. The van der Waals surface area contributed by atoms with Crippen molar-refractivity contribution < 1.29 is 32.3 Å². The summed E-state index contributed by atoms with van der Waals surface area (Å²) in [5, 5.41) is 12.6. The number of hydrogen-bond donors (Lipinski definition) is 0. The summed E-state index contributed by atoms with van der Waals surface area (Å²) in [6, 6.07) is 6.24. The predicted molar refractivity (Wildman–Crippen MR) is 112 cm³/mol. The van der Waals surface area contributed by atoms with E-state index in [4.69, 9.17) is 18.9 Å². The molecule has 2 rings (SSSR count). The lowest BCUT2D eigenvalue weighted by molar-refractivity contribution is -0.386. The second-order valence-corrected chi connectivity index (χ2v) is 8.11. The fraction of sp³-hybridized carbons (Fsp3) is 0.300. The summed E-state index contributed by atoms with van der Waals surface area (Å²) in [5.41, 5.74) is 0.376. The van der Waals surface area contributed by atoms with Crippen molar-refractivity contribution in [2.24, 2.45) is 0 Å². The Balaban J connectivity index is 2.45. The molecular weight excluding hydrogens is 414 g/mol. The lowest BCUT2D eigenvalue weighted by atomic mass is 10.1. The number of nitro groups is 1. The van der Waals surface area contributed by atoms with Gasteiger partial charge >= 0.3 is 0 Å². The molecule has 0 saturated carbocycles. The lowest BCUT2D eigenvalue weighted by Crippen LogP contribution is -2.07. The Morgan fingerprint density at radius 3 is 2.20 bits per heavy atom. The first-order chi connectivity index (χ1) is 14.2. The van der Waals surface area contributed by atoms with E-state index in [2.05, 4.69) is 0 Å². The van der Waals surface area contributed by atoms with Crippen LogP contribution in [0.25, 0.3) is 6.08 Å². The van der Waals surface area contributed by atoms with E-state index in [1.54, 1.807) is 18.2 Å². The Hall–Kier alpha value is -3.27. The fourth-order valence-electron chi connectivity index (χ4n) is 2.99. The molecular formula is C20H23NO8S. The van der Waals surface area contributed by atoms with Gasteiger partial charge in [-0.1, -0.05) is 0 Å². The van der Waals surface area contributed by atoms with Gasteiger partial charge in [-0.15, -0.1) is 0 Å². The van der Waals surface area contributed by atoms with Crippen molar-refractivity contribution >= 4 is 21.6 Å². The topological polar surface area (TPSA) is 114 Å². The van der Waals surface area contributed by atoms with Crippen molar-refractivity contribution in [1.82, 2.24) is 0 Å². The second-order valence-electron chi connectivity index (χ2n) is 6.22. The molecule has 0 radical (unpaired) electrons. The summed E-state index contributed by atoms with van der Waals surface area (Å²) in [7, 11) is 1.83. The average Bonchev–Trinajstić information content (AvgIpc) is 2.71. The molecule has 9 nitrogen and oxygen atoms in total. The lowest BCUT2D eigenvalue weighted by Gasteiger charge is -2.13. The maximum absolute atomic E-state index is 12.7. The van der Waals surface area contributed by atoms with Gasteiger partial charge in [0.05, 0.1) is 44.7 Å². The van der Waals surface area contributed by atoms with Gasteiger partial charge in [0.1, 0.15) is 11.5 Å². The van der Waals surface area contributed by atoms with Gasteiger partial charge in [0, 0.05) is 22.6 Å². The number of hydrogen-bond acceptors (Lipinski definition) is 8. The molecule has 0 bridgehead atoms. The molecule has 0 saturated heterocycles. The van der Waals surface area contributed by atoms with E-state index >= 15 is 0 Å². The van der Waals surface area contributed by atoms with Crippen LogP contribution in [0.4, 0.5) is 5.69 Å². The largest absolute Gasteiger partial charge is 0.497 e. The van der Waals surface area contributed by atoms with Crippen LogP contribution in [0.15, 0.2) is 29.7 Å². The van der Waals surface area contributed by atoms with E-state index in [1.165, 1.54) is 47.5 Å². The van der Waals surface area contributed by atoms with Gasteiger partial charge in [-0.05, 0) is 31.2 Å². The van der Waals surface area contributed by atoms with Crippen molar-refractivity contribution in [3.63, 3.8) is 0 Å². The van der Waals surface area contributed by atoms with Gasteiger partial charge in [-0.3, -0.25) is 10.1 Å². The van der Waals surface area contributed by atoms with Crippen LogP contribution in [0.2, 0.25) is 0 Å². The zero-order valence-corrected chi connectivity index (χ0v) is 18.1. The van der Waals surface area contributed by atoms with Crippen LogP contribution in [-0.2, 0) is 15.6 Å². The molecule has 0 aliphatic rings. The molecule has 0 aromatic heterocycles. The second kappa shape index (κ2) is 9.49. The van der Waals surface area contributed by atoms with Crippen molar-refractivity contribution in [2.45, 2.75) is 12.7 Å². The highest BCUT2D eigenvalue weighted by Gasteiger charge is 2.27. The molecule has 162 valence electrons. The van der Waals surface area contributed by atoms with Crippen LogP contribution >= 0.6 is 0 Å². The Labute approximate surface area is 174 Å². The van der Waals surface area contributed by atoms with E-state index in [-0.39, 0.29) is 28.3 Å². The molecule has 2 aromatic rings. The number of nitro benzene ring substituents is 1. The third-order valence-corrected chi connectivity index (χ3v) is 5.65. The Morgan fingerprint density at radius 2 is 1.67 bits per heavy atom. The molecule has 0 atom stereocenters. The molecule has 10 heteroatoms. The van der Waals surface area contributed by atoms with Gasteiger partial charge in [0.25, 0.3) is 5.69 Å². The van der Waals surface area contributed by atoms with Crippen molar-refractivity contribution in [3.05, 3.63) is 56.5 Å². The number of methoxy groups -OCH3 is 4. The quantitative estimate of drug-likeness (QED) is 0.432. The number of nitrogens with zero attached hydrogens (tertiary/aromatic N) is 1. The monoisotopic (exact) mass is 437 g/mol. The Bertz CT molecular complexity index is 1080. The number of sulfone groups is 1. The highest BCUT2D eigenvalue weighted by Crippen LogP contribution is 2.40. The summed E-state index contributed by atoms with van der Waals surface area (Å²) in [6.07, 6.45) is 1.37. The van der Waals surface area contributed by atoms with Crippen LogP contribution < -0.4 is 18.9 Å². The van der Waals surface area contributed by atoms with Crippen LogP contribution in [-0.4, -0.2) is 41.8 Å². The predicted octanol–water partition coefficient (Wildman–Crippen LogP) is 3.52. The summed E-state index contributed by atoms with van der Waals surface area (Å²) >= 11 is 0. The minimum absolute atomic E-state index is 0.00139. The third-order valence-electron chi connectivity index (χ3n) is 4.39. The number of rotatable bonds is 9. The van der Waals surface area contributed by atoms with E-state index in [0.29, 0.717) is 17.1 Å². The molecule has 0 fully saturated rings. The molecule has 0 amide bonds. The van der Waals surface area contributed by atoms with Crippen molar-refractivity contribution in [3.8, 4) is 23.0 Å². The SMILES string of the molecule is COc1ccc(C=CS(=O)(=O)Cc2cc(OC)c(OC)c(C)c2[N+](=O)[O-])c(OC)c1.